The Hall–Kier alpha value is -1.24. The second-order valence-corrected chi connectivity index (χ2v) is 5.02. The van der Waals surface area contributed by atoms with Gasteiger partial charge in [-0.1, -0.05) is 23.8 Å². The van der Waals surface area contributed by atoms with Crippen molar-refractivity contribution < 1.29 is 13.9 Å². The molecule has 1 aromatic carbocycles. The van der Waals surface area contributed by atoms with Crippen LogP contribution < -0.4 is 5.73 Å². The zero-order valence-corrected chi connectivity index (χ0v) is 11.5. The number of ether oxygens (including phenoxy) is 1. The van der Waals surface area contributed by atoms with Gasteiger partial charge in [0.05, 0.1) is 23.7 Å². The number of halogens is 2. The molecular formula is C12H12ClFN2O2S. The van der Waals surface area contributed by atoms with Crippen LogP contribution in [0.1, 0.15) is 10.4 Å². The summed E-state index contributed by atoms with van der Waals surface area (Å²) >= 11 is 10.7. The minimum Gasteiger partial charge on any atom is -0.391 e. The number of thiocarbonyl (C=S) groups is 1. The monoisotopic (exact) mass is 302 g/mol. The molecule has 0 radical (unpaired) electrons. The summed E-state index contributed by atoms with van der Waals surface area (Å²) in [6.07, 6.45) is -0.452. The van der Waals surface area contributed by atoms with Gasteiger partial charge >= 0.3 is 0 Å². The van der Waals surface area contributed by atoms with Crippen LogP contribution in [0.2, 0.25) is 5.02 Å². The van der Waals surface area contributed by atoms with E-state index in [1.807, 2.05) is 0 Å². The van der Waals surface area contributed by atoms with Gasteiger partial charge < -0.3 is 15.4 Å². The fraction of sp³-hybridized carbons (Fsp3) is 0.333. The lowest BCUT2D eigenvalue weighted by molar-refractivity contribution is 0.00879. The SMILES string of the molecule is NC(=S)C1CN(C(=O)c2ccc(F)cc2Cl)CCO1. The Bertz CT molecular complexity index is 526. The van der Waals surface area contributed by atoms with E-state index < -0.39 is 11.9 Å². The van der Waals surface area contributed by atoms with Gasteiger partial charge in [-0.25, -0.2) is 4.39 Å². The number of benzene rings is 1. The molecule has 1 amide bonds. The molecule has 19 heavy (non-hydrogen) atoms. The van der Waals surface area contributed by atoms with Gasteiger partial charge in [0.25, 0.3) is 5.91 Å². The van der Waals surface area contributed by atoms with Crippen LogP contribution in [-0.4, -0.2) is 41.6 Å². The molecule has 1 aliphatic heterocycles. The first kappa shape index (κ1) is 14.2. The maximum Gasteiger partial charge on any atom is 0.255 e. The van der Waals surface area contributed by atoms with Crippen LogP contribution in [0, 0.1) is 5.82 Å². The molecule has 1 atom stereocenters. The predicted molar refractivity (Wildman–Crippen MR) is 73.8 cm³/mol. The number of amides is 1. The summed E-state index contributed by atoms with van der Waals surface area (Å²) in [5.74, 6) is -0.765. The zero-order chi connectivity index (χ0) is 14.0. The maximum absolute atomic E-state index is 13.0. The van der Waals surface area contributed by atoms with Gasteiger partial charge in [0, 0.05) is 6.54 Å². The first-order valence-electron chi connectivity index (χ1n) is 5.64. The van der Waals surface area contributed by atoms with E-state index in [0.29, 0.717) is 13.2 Å². The second-order valence-electron chi connectivity index (χ2n) is 4.14. The molecular weight excluding hydrogens is 291 g/mol. The first-order chi connectivity index (χ1) is 8.99. The third-order valence-electron chi connectivity index (χ3n) is 2.83. The van der Waals surface area contributed by atoms with Gasteiger partial charge in [-0.05, 0) is 18.2 Å². The summed E-state index contributed by atoms with van der Waals surface area (Å²) < 4.78 is 18.3. The Kier molecular flexibility index (Phi) is 4.34. The van der Waals surface area contributed by atoms with Crippen LogP contribution in [-0.2, 0) is 4.74 Å². The second kappa shape index (κ2) is 5.81. The van der Waals surface area contributed by atoms with Crippen molar-refractivity contribution >= 4 is 34.7 Å². The van der Waals surface area contributed by atoms with Crippen molar-refractivity contribution in [1.82, 2.24) is 4.90 Å². The van der Waals surface area contributed by atoms with Crippen molar-refractivity contribution in [3.63, 3.8) is 0 Å². The third kappa shape index (κ3) is 3.20. The summed E-state index contributed by atoms with van der Waals surface area (Å²) in [6, 6.07) is 3.68. The fourth-order valence-electron chi connectivity index (χ4n) is 1.84. The van der Waals surface area contributed by atoms with Crippen molar-refractivity contribution in [3.8, 4) is 0 Å². The van der Waals surface area contributed by atoms with Crippen molar-refractivity contribution in [2.24, 2.45) is 5.73 Å². The summed E-state index contributed by atoms with van der Waals surface area (Å²) in [5, 5.41) is 0.0865. The number of hydrogen-bond acceptors (Lipinski definition) is 3. The molecule has 4 nitrogen and oxygen atoms in total. The molecule has 2 rings (SSSR count). The van der Waals surface area contributed by atoms with Gasteiger partial charge in [-0.3, -0.25) is 4.79 Å². The van der Waals surface area contributed by atoms with Crippen LogP contribution >= 0.6 is 23.8 Å². The highest BCUT2D eigenvalue weighted by Gasteiger charge is 2.27. The van der Waals surface area contributed by atoms with Gasteiger partial charge in [-0.2, -0.15) is 0 Å². The summed E-state index contributed by atoms with van der Waals surface area (Å²) in [4.78, 5) is 14.0. The smallest absolute Gasteiger partial charge is 0.255 e. The van der Waals surface area contributed by atoms with E-state index in [1.165, 1.54) is 12.1 Å². The molecule has 7 heteroatoms. The molecule has 1 aliphatic rings. The van der Waals surface area contributed by atoms with Crippen LogP contribution in [0.3, 0.4) is 0 Å². The highest BCUT2D eigenvalue weighted by molar-refractivity contribution is 7.80. The normalized spacial score (nSPS) is 19.3. The predicted octanol–water partition coefficient (Wildman–Crippen LogP) is 1.61. The Morgan fingerprint density at radius 3 is 2.95 bits per heavy atom. The summed E-state index contributed by atoms with van der Waals surface area (Å²) in [5.41, 5.74) is 5.77. The first-order valence-corrected chi connectivity index (χ1v) is 6.43. The number of rotatable bonds is 2. The lowest BCUT2D eigenvalue weighted by Gasteiger charge is -2.32. The topological polar surface area (TPSA) is 55.6 Å². The number of nitrogens with zero attached hydrogens (tertiary/aromatic N) is 1. The van der Waals surface area contributed by atoms with Gasteiger partial charge in [0.15, 0.2) is 0 Å². The third-order valence-corrected chi connectivity index (χ3v) is 3.41. The minimum absolute atomic E-state index is 0.0865. The molecule has 1 unspecified atom stereocenters. The molecule has 1 heterocycles. The van der Waals surface area contributed by atoms with Crippen LogP contribution in [0.25, 0.3) is 0 Å². The molecule has 1 saturated heterocycles. The molecule has 2 N–H and O–H groups in total. The quantitative estimate of drug-likeness (QED) is 0.843. The lowest BCUT2D eigenvalue weighted by atomic mass is 10.1. The Morgan fingerprint density at radius 1 is 1.58 bits per heavy atom. The van der Waals surface area contributed by atoms with Crippen molar-refractivity contribution in [2.45, 2.75) is 6.10 Å². The minimum atomic E-state index is -0.482. The number of carbonyl (C=O) groups is 1. The van der Waals surface area contributed by atoms with Crippen LogP contribution in [0.15, 0.2) is 18.2 Å². The Labute approximate surface area is 120 Å². The number of morpholine rings is 1. The average Bonchev–Trinajstić information content (AvgIpc) is 2.38. The molecule has 0 saturated carbocycles. The van der Waals surface area contributed by atoms with Crippen LogP contribution in [0.5, 0.6) is 0 Å². The van der Waals surface area contributed by atoms with E-state index in [2.05, 4.69) is 0 Å². The highest BCUT2D eigenvalue weighted by atomic mass is 35.5. The van der Waals surface area contributed by atoms with Gasteiger partial charge in [-0.15, -0.1) is 0 Å². The van der Waals surface area contributed by atoms with Crippen molar-refractivity contribution in [2.75, 3.05) is 19.7 Å². The largest absolute Gasteiger partial charge is 0.391 e. The molecule has 1 fully saturated rings. The van der Waals surface area contributed by atoms with E-state index in [0.717, 1.165) is 6.07 Å². The maximum atomic E-state index is 13.0. The van der Waals surface area contributed by atoms with Crippen LogP contribution in [0.4, 0.5) is 4.39 Å². The van der Waals surface area contributed by atoms with Crippen molar-refractivity contribution in [3.05, 3.63) is 34.6 Å². The number of carbonyl (C=O) groups excluding carboxylic acids is 1. The zero-order valence-electron chi connectivity index (χ0n) is 9.94. The van der Waals surface area contributed by atoms with Gasteiger partial charge in [0.2, 0.25) is 0 Å². The standard InChI is InChI=1S/C12H12ClFN2O2S/c13-9-5-7(14)1-2-8(9)12(17)16-3-4-18-10(6-16)11(15)19/h1-2,5,10H,3-4,6H2,(H2,15,19). The van der Waals surface area contributed by atoms with E-state index in [-0.39, 0.29) is 28.0 Å². The molecule has 0 spiro atoms. The molecule has 0 aliphatic carbocycles. The average molecular weight is 303 g/mol. The lowest BCUT2D eigenvalue weighted by Crippen LogP contribution is -2.50. The molecule has 0 bridgehead atoms. The molecule has 102 valence electrons. The van der Waals surface area contributed by atoms with E-state index in [4.69, 9.17) is 34.3 Å². The van der Waals surface area contributed by atoms with E-state index in [9.17, 15) is 9.18 Å². The molecule has 0 aromatic heterocycles. The summed E-state index contributed by atoms with van der Waals surface area (Å²) in [7, 11) is 0. The Balaban J connectivity index is 2.17. The summed E-state index contributed by atoms with van der Waals surface area (Å²) in [6.45, 7) is 1.06. The Morgan fingerprint density at radius 2 is 2.32 bits per heavy atom. The molecule has 1 aromatic rings. The highest BCUT2D eigenvalue weighted by Crippen LogP contribution is 2.20. The van der Waals surface area contributed by atoms with Gasteiger partial charge in [0.1, 0.15) is 16.9 Å². The number of nitrogens with two attached hydrogens (primary N) is 1. The van der Waals surface area contributed by atoms with E-state index >= 15 is 0 Å². The van der Waals surface area contributed by atoms with E-state index in [1.54, 1.807) is 4.90 Å². The number of hydrogen-bond donors (Lipinski definition) is 1. The van der Waals surface area contributed by atoms with Crippen molar-refractivity contribution in [1.29, 1.82) is 0 Å². The fourth-order valence-corrected chi connectivity index (χ4v) is 2.23.